The van der Waals surface area contributed by atoms with Gasteiger partial charge in [0.2, 0.25) is 0 Å². The fourth-order valence-corrected chi connectivity index (χ4v) is 3.66. The summed E-state index contributed by atoms with van der Waals surface area (Å²) in [6, 6.07) is 7.59. The second kappa shape index (κ2) is 7.84. The van der Waals surface area contributed by atoms with Crippen LogP contribution in [-0.4, -0.2) is 66.8 Å². The normalized spacial score (nSPS) is 26.3. The highest BCUT2D eigenvalue weighted by molar-refractivity contribution is 5.84. The molecule has 0 amide bonds. The maximum Gasteiger partial charge on any atom is 0.199 e. The number of fused-ring (bicyclic) bond motifs is 1. The smallest absolute Gasteiger partial charge is 0.199 e. The van der Waals surface area contributed by atoms with E-state index >= 15 is 0 Å². The highest BCUT2D eigenvalue weighted by atomic mass is 16.5. The summed E-state index contributed by atoms with van der Waals surface area (Å²) >= 11 is 0. The van der Waals surface area contributed by atoms with E-state index in [1.807, 2.05) is 0 Å². The topological polar surface area (TPSA) is 181 Å². The molecule has 2 heterocycles. The van der Waals surface area contributed by atoms with E-state index in [4.69, 9.17) is 9.15 Å². The minimum absolute atomic E-state index is 0.0520. The molecule has 164 valence electrons. The monoisotopic (exact) mass is 432 g/mol. The Morgan fingerprint density at radius 2 is 1.52 bits per heavy atom. The minimum Gasteiger partial charge on any atom is -0.508 e. The number of aromatic hydroxyl groups is 3. The maximum absolute atomic E-state index is 13.4. The van der Waals surface area contributed by atoms with Gasteiger partial charge in [0, 0.05) is 11.6 Å². The van der Waals surface area contributed by atoms with Gasteiger partial charge >= 0.3 is 0 Å². The molecule has 0 unspecified atom stereocenters. The van der Waals surface area contributed by atoms with Crippen LogP contribution in [0.4, 0.5) is 0 Å². The van der Waals surface area contributed by atoms with Crippen LogP contribution in [0.3, 0.4) is 0 Å². The Labute approximate surface area is 174 Å². The van der Waals surface area contributed by atoms with Crippen molar-refractivity contribution in [3.63, 3.8) is 0 Å². The van der Waals surface area contributed by atoms with Crippen molar-refractivity contribution in [2.45, 2.75) is 30.5 Å². The number of hydrogen-bond acceptors (Lipinski definition) is 10. The summed E-state index contributed by atoms with van der Waals surface area (Å²) in [6.45, 7) is -0.691. The van der Waals surface area contributed by atoms with Gasteiger partial charge in [-0.05, 0) is 30.3 Å². The number of aliphatic hydroxyl groups excluding tert-OH is 4. The average Bonchev–Trinajstić information content (AvgIpc) is 2.75. The number of phenolic OH excluding ortho intramolecular Hbond substituents is 3. The number of phenols is 3. The molecule has 5 atom stereocenters. The number of ether oxygens (including phenoxy) is 1. The Hall–Kier alpha value is -3.15. The molecular formula is C21H20O10. The van der Waals surface area contributed by atoms with Gasteiger partial charge in [0.1, 0.15) is 47.6 Å². The highest BCUT2D eigenvalue weighted by Gasteiger charge is 2.46. The largest absolute Gasteiger partial charge is 0.508 e. The third-order valence-corrected chi connectivity index (χ3v) is 5.33. The maximum atomic E-state index is 13.4. The van der Waals surface area contributed by atoms with Crippen molar-refractivity contribution in [3.05, 3.63) is 52.2 Å². The first-order valence-electron chi connectivity index (χ1n) is 9.35. The number of aliphatic hydroxyl groups is 4. The van der Waals surface area contributed by atoms with Crippen LogP contribution in [0.25, 0.3) is 22.3 Å². The summed E-state index contributed by atoms with van der Waals surface area (Å²) in [7, 11) is 0. The number of benzene rings is 2. The predicted molar refractivity (Wildman–Crippen MR) is 106 cm³/mol. The van der Waals surface area contributed by atoms with Crippen LogP contribution >= 0.6 is 0 Å². The number of hydrogen-bond donors (Lipinski definition) is 7. The molecule has 31 heavy (non-hydrogen) atoms. The Bertz CT molecular complexity index is 1170. The fourth-order valence-electron chi connectivity index (χ4n) is 3.66. The number of rotatable bonds is 3. The third-order valence-electron chi connectivity index (χ3n) is 5.33. The van der Waals surface area contributed by atoms with Gasteiger partial charge in [-0.2, -0.15) is 0 Å². The van der Waals surface area contributed by atoms with Crippen molar-refractivity contribution < 1.29 is 44.9 Å². The first kappa shape index (κ1) is 21.1. The van der Waals surface area contributed by atoms with Crippen molar-refractivity contribution in [1.82, 2.24) is 0 Å². The van der Waals surface area contributed by atoms with E-state index in [0.29, 0.717) is 5.56 Å². The van der Waals surface area contributed by atoms with Crippen molar-refractivity contribution in [1.29, 1.82) is 0 Å². The van der Waals surface area contributed by atoms with E-state index in [-0.39, 0.29) is 28.0 Å². The van der Waals surface area contributed by atoms with Crippen LogP contribution in [0.5, 0.6) is 17.2 Å². The Morgan fingerprint density at radius 3 is 2.16 bits per heavy atom. The van der Waals surface area contributed by atoms with Crippen molar-refractivity contribution >= 4 is 11.0 Å². The molecular weight excluding hydrogens is 412 g/mol. The van der Waals surface area contributed by atoms with Crippen LogP contribution in [0.2, 0.25) is 0 Å². The van der Waals surface area contributed by atoms with Gasteiger partial charge in [0.05, 0.1) is 17.6 Å². The van der Waals surface area contributed by atoms with Crippen LogP contribution in [0.15, 0.2) is 45.6 Å². The second-order valence-corrected chi connectivity index (χ2v) is 7.31. The summed E-state index contributed by atoms with van der Waals surface area (Å²) in [5.41, 5.74) is -0.739. The lowest BCUT2D eigenvalue weighted by molar-refractivity contribution is -0.232. The van der Waals surface area contributed by atoms with Gasteiger partial charge in [0.15, 0.2) is 16.9 Å². The fraction of sp³-hybridized carbons (Fsp3) is 0.286. The molecule has 0 spiro atoms. The van der Waals surface area contributed by atoms with E-state index in [9.17, 15) is 40.5 Å². The van der Waals surface area contributed by atoms with Crippen LogP contribution in [0, 0.1) is 0 Å². The van der Waals surface area contributed by atoms with E-state index < -0.39 is 54.1 Å². The summed E-state index contributed by atoms with van der Waals surface area (Å²) < 4.78 is 11.4. The lowest BCUT2D eigenvalue weighted by Crippen LogP contribution is -2.55. The molecule has 3 aromatic rings. The lowest BCUT2D eigenvalue weighted by atomic mass is 9.89. The lowest BCUT2D eigenvalue weighted by Gasteiger charge is -2.40. The van der Waals surface area contributed by atoms with E-state index in [0.717, 1.165) is 12.1 Å². The van der Waals surface area contributed by atoms with Crippen molar-refractivity contribution in [2.24, 2.45) is 0 Å². The van der Waals surface area contributed by atoms with E-state index in [1.165, 1.54) is 24.3 Å². The second-order valence-electron chi connectivity index (χ2n) is 7.31. The van der Waals surface area contributed by atoms with Crippen LogP contribution in [0.1, 0.15) is 11.7 Å². The standard InChI is InChI=1S/C21H20O10/c22-7-14-17(27)18(28)19(29)21(31-14)15-16(26)10-5-11(24)12(25)6-13(10)30-20(15)8-1-3-9(23)4-2-8/h1-6,14,17-19,21-25,27-29H,7H2/t14-,17-,18+,19-,21+/m1/s1. The molecule has 1 saturated heterocycles. The summed E-state index contributed by atoms with van der Waals surface area (Å²) in [6.07, 6.45) is -7.87. The Balaban J connectivity index is 2.01. The molecule has 0 aliphatic carbocycles. The summed E-state index contributed by atoms with van der Waals surface area (Å²) in [5, 5.41) is 69.4. The van der Waals surface area contributed by atoms with Gasteiger partial charge in [-0.25, -0.2) is 0 Å². The molecule has 4 rings (SSSR count). The van der Waals surface area contributed by atoms with Crippen molar-refractivity contribution in [3.8, 4) is 28.6 Å². The first-order valence-corrected chi connectivity index (χ1v) is 9.35. The van der Waals surface area contributed by atoms with E-state index in [1.54, 1.807) is 0 Å². The average molecular weight is 432 g/mol. The van der Waals surface area contributed by atoms with Crippen molar-refractivity contribution in [2.75, 3.05) is 6.61 Å². The van der Waals surface area contributed by atoms with Gasteiger partial charge < -0.3 is 44.9 Å². The molecule has 1 aliphatic rings. The van der Waals surface area contributed by atoms with Crippen LogP contribution in [-0.2, 0) is 4.74 Å². The molecule has 1 aliphatic heterocycles. The summed E-state index contributed by atoms with van der Waals surface area (Å²) in [4.78, 5) is 13.4. The molecule has 7 N–H and O–H groups in total. The molecule has 10 nitrogen and oxygen atoms in total. The molecule has 2 aromatic carbocycles. The molecule has 0 saturated carbocycles. The Kier molecular flexibility index (Phi) is 5.33. The highest BCUT2D eigenvalue weighted by Crippen LogP contribution is 2.39. The van der Waals surface area contributed by atoms with Gasteiger partial charge in [-0.1, -0.05) is 0 Å². The molecule has 1 aromatic heterocycles. The quantitative estimate of drug-likeness (QED) is 0.280. The minimum atomic E-state index is -1.75. The van der Waals surface area contributed by atoms with Gasteiger partial charge in [-0.3, -0.25) is 4.79 Å². The predicted octanol–water partition coefficient (Wildman–Crippen LogP) is 0.0917. The molecule has 10 heteroatoms. The van der Waals surface area contributed by atoms with Gasteiger partial charge in [0.25, 0.3) is 0 Å². The van der Waals surface area contributed by atoms with Crippen LogP contribution < -0.4 is 5.43 Å². The summed E-state index contributed by atoms with van der Waals surface area (Å²) in [5.74, 6) is -1.24. The molecule has 1 fully saturated rings. The van der Waals surface area contributed by atoms with Gasteiger partial charge in [-0.15, -0.1) is 0 Å². The SMILES string of the molecule is O=c1c([C@@H]2O[C@H](CO)[C@@H](O)[C@H](O)[C@H]2O)c(-c2ccc(O)cc2)oc2cc(O)c(O)cc12. The molecule has 0 bridgehead atoms. The first-order chi connectivity index (χ1) is 14.7. The zero-order chi connectivity index (χ0) is 22.4. The molecule has 0 radical (unpaired) electrons. The Morgan fingerprint density at radius 1 is 0.871 bits per heavy atom. The third kappa shape index (κ3) is 3.50. The zero-order valence-electron chi connectivity index (χ0n) is 15.9. The van der Waals surface area contributed by atoms with E-state index in [2.05, 4.69) is 0 Å². The zero-order valence-corrected chi connectivity index (χ0v) is 15.9.